The van der Waals surface area contributed by atoms with Gasteiger partial charge in [-0.15, -0.1) is 0 Å². The smallest absolute Gasteiger partial charge is 0.301 e. The molecule has 0 aromatic heterocycles. The van der Waals surface area contributed by atoms with Gasteiger partial charge in [-0.3, -0.25) is 25.7 Å². The Morgan fingerprint density at radius 1 is 1.00 bits per heavy atom. The highest BCUT2D eigenvalue weighted by atomic mass is 35.5. The van der Waals surface area contributed by atoms with Crippen molar-refractivity contribution in [3.63, 3.8) is 0 Å². The molecule has 1 N–H and O–H groups in total. The van der Waals surface area contributed by atoms with Crippen LogP contribution in [0.5, 0.6) is 11.5 Å². The number of nitrogens with one attached hydrogen (secondary N) is 1. The molecule has 0 heterocycles. The van der Waals surface area contributed by atoms with Gasteiger partial charge in [-0.1, -0.05) is 23.7 Å². The van der Waals surface area contributed by atoms with Gasteiger partial charge in [-0.25, -0.2) is 0 Å². The lowest BCUT2D eigenvalue weighted by Gasteiger charge is -2.11. The zero-order valence-corrected chi connectivity index (χ0v) is 17.5. The number of nitro groups is 2. The van der Waals surface area contributed by atoms with Crippen LogP contribution in [0.1, 0.15) is 11.1 Å². The number of benzene rings is 3. The van der Waals surface area contributed by atoms with Gasteiger partial charge in [-0.2, -0.15) is 5.10 Å². The van der Waals surface area contributed by atoms with E-state index in [1.807, 2.05) is 12.1 Å². The van der Waals surface area contributed by atoms with Gasteiger partial charge in [0.2, 0.25) is 0 Å². The summed E-state index contributed by atoms with van der Waals surface area (Å²) >= 11 is 5.89. The molecule has 0 unspecified atom stereocenters. The fourth-order valence-corrected chi connectivity index (χ4v) is 2.81. The molecule has 11 heteroatoms. The van der Waals surface area contributed by atoms with Crippen molar-refractivity contribution >= 4 is 34.9 Å². The maximum atomic E-state index is 11.2. The molecule has 0 aliphatic rings. The molecule has 3 aromatic rings. The number of non-ortho nitro benzene ring substituents is 1. The Balaban J connectivity index is 1.74. The quantitative estimate of drug-likeness (QED) is 0.266. The molecule has 0 radical (unpaired) electrons. The van der Waals surface area contributed by atoms with E-state index in [0.29, 0.717) is 28.7 Å². The zero-order chi connectivity index (χ0) is 23.1. The molecule has 164 valence electrons. The van der Waals surface area contributed by atoms with Gasteiger partial charge in [0.15, 0.2) is 11.5 Å². The largest absolute Gasteiger partial charge is 0.493 e. The van der Waals surface area contributed by atoms with E-state index >= 15 is 0 Å². The standard InChI is InChI=1S/C21H17ClN4O6/c1-31-20-9-4-15(10-21(20)32-13-14-2-5-16(22)6-3-14)12-23-24-18-8-7-17(25(27)28)11-19(18)26(29)30/h2-12,24H,13H2,1H3/b23-12-. The number of nitro benzene ring substituents is 2. The topological polar surface area (TPSA) is 129 Å². The highest BCUT2D eigenvalue weighted by molar-refractivity contribution is 6.30. The van der Waals surface area contributed by atoms with Crippen LogP contribution in [0, 0.1) is 20.2 Å². The van der Waals surface area contributed by atoms with Crippen LogP contribution in [-0.2, 0) is 6.61 Å². The Bertz CT molecular complexity index is 1170. The van der Waals surface area contributed by atoms with E-state index in [0.717, 1.165) is 17.7 Å². The van der Waals surface area contributed by atoms with E-state index in [-0.39, 0.29) is 11.4 Å². The van der Waals surface area contributed by atoms with Crippen molar-refractivity contribution in [3.8, 4) is 11.5 Å². The number of nitrogens with zero attached hydrogens (tertiary/aromatic N) is 3. The monoisotopic (exact) mass is 456 g/mol. The summed E-state index contributed by atoms with van der Waals surface area (Å²) in [6.45, 7) is 0.293. The van der Waals surface area contributed by atoms with Crippen molar-refractivity contribution in [2.45, 2.75) is 6.61 Å². The first-order valence-electron chi connectivity index (χ1n) is 9.14. The summed E-state index contributed by atoms with van der Waals surface area (Å²) in [5, 5.41) is 26.7. The van der Waals surface area contributed by atoms with Crippen molar-refractivity contribution in [2.75, 3.05) is 12.5 Å². The first-order valence-corrected chi connectivity index (χ1v) is 9.52. The van der Waals surface area contributed by atoms with Crippen molar-refractivity contribution in [1.29, 1.82) is 0 Å². The van der Waals surface area contributed by atoms with Crippen molar-refractivity contribution < 1.29 is 19.3 Å². The number of halogens is 1. The Morgan fingerprint density at radius 3 is 2.41 bits per heavy atom. The third kappa shape index (κ3) is 5.70. The van der Waals surface area contributed by atoms with Crippen LogP contribution >= 0.6 is 11.6 Å². The average Bonchev–Trinajstić information content (AvgIpc) is 2.78. The molecule has 0 aliphatic heterocycles. The molecule has 0 aliphatic carbocycles. The molecule has 0 saturated carbocycles. The molecule has 0 fully saturated rings. The number of hydrazone groups is 1. The molecule has 10 nitrogen and oxygen atoms in total. The zero-order valence-electron chi connectivity index (χ0n) is 16.7. The summed E-state index contributed by atoms with van der Waals surface area (Å²) in [4.78, 5) is 20.6. The van der Waals surface area contributed by atoms with Crippen LogP contribution in [-0.4, -0.2) is 23.2 Å². The second kappa shape index (κ2) is 10.2. The SMILES string of the molecule is COc1ccc(/C=N\Nc2ccc([N+](=O)[O-])cc2[N+](=O)[O-])cc1OCc1ccc(Cl)cc1. The number of rotatable bonds is 9. The van der Waals surface area contributed by atoms with Gasteiger partial charge in [0.25, 0.3) is 5.69 Å². The van der Waals surface area contributed by atoms with Crippen molar-refractivity contribution in [2.24, 2.45) is 5.10 Å². The van der Waals surface area contributed by atoms with Crippen LogP contribution in [0.2, 0.25) is 5.02 Å². The predicted molar refractivity (Wildman–Crippen MR) is 120 cm³/mol. The molecule has 3 aromatic carbocycles. The van der Waals surface area contributed by atoms with Gasteiger partial charge in [-0.05, 0) is 47.5 Å². The Hall–Kier alpha value is -4.18. The van der Waals surface area contributed by atoms with Crippen molar-refractivity contribution in [1.82, 2.24) is 0 Å². The van der Waals surface area contributed by atoms with E-state index < -0.39 is 15.5 Å². The first-order chi connectivity index (χ1) is 15.4. The van der Waals surface area contributed by atoms with Crippen LogP contribution in [0.4, 0.5) is 17.1 Å². The molecular weight excluding hydrogens is 440 g/mol. The highest BCUT2D eigenvalue weighted by Gasteiger charge is 2.19. The minimum absolute atomic E-state index is 0.0181. The lowest BCUT2D eigenvalue weighted by molar-refractivity contribution is -0.393. The number of hydrogen-bond donors (Lipinski definition) is 1. The molecular formula is C21H17ClN4O6. The second-order valence-corrected chi connectivity index (χ2v) is 6.85. The summed E-state index contributed by atoms with van der Waals surface area (Å²) in [7, 11) is 1.52. The third-order valence-corrected chi connectivity index (χ3v) is 4.53. The summed E-state index contributed by atoms with van der Waals surface area (Å²) in [5.74, 6) is 1.00. The minimum Gasteiger partial charge on any atom is -0.493 e. The van der Waals surface area contributed by atoms with Crippen LogP contribution in [0.3, 0.4) is 0 Å². The van der Waals surface area contributed by atoms with Crippen LogP contribution in [0.25, 0.3) is 0 Å². The third-order valence-electron chi connectivity index (χ3n) is 4.28. The van der Waals surface area contributed by atoms with Gasteiger partial charge >= 0.3 is 5.69 Å². The van der Waals surface area contributed by atoms with Crippen LogP contribution in [0.15, 0.2) is 65.8 Å². The summed E-state index contributed by atoms with van der Waals surface area (Å²) in [6, 6.07) is 15.6. The van der Waals surface area contributed by atoms with E-state index in [9.17, 15) is 20.2 Å². The minimum atomic E-state index is -0.721. The van der Waals surface area contributed by atoms with E-state index in [1.165, 1.54) is 19.4 Å². The van der Waals surface area contributed by atoms with E-state index in [4.69, 9.17) is 21.1 Å². The Morgan fingerprint density at radius 2 is 1.75 bits per heavy atom. The maximum Gasteiger partial charge on any atom is 0.301 e. The molecule has 0 bridgehead atoms. The Labute approximate surface area is 187 Å². The lowest BCUT2D eigenvalue weighted by Crippen LogP contribution is -2.00. The van der Waals surface area contributed by atoms with E-state index in [1.54, 1.807) is 30.3 Å². The highest BCUT2D eigenvalue weighted by Crippen LogP contribution is 2.30. The van der Waals surface area contributed by atoms with E-state index in [2.05, 4.69) is 10.5 Å². The fourth-order valence-electron chi connectivity index (χ4n) is 2.68. The van der Waals surface area contributed by atoms with Gasteiger partial charge in [0.05, 0.1) is 29.2 Å². The Kier molecular flexibility index (Phi) is 7.19. The second-order valence-electron chi connectivity index (χ2n) is 6.41. The van der Waals surface area contributed by atoms with Crippen molar-refractivity contribution in [3.05, 3.63) is 97.0 Å². The molecule has 0 amide bonds. The number of anilines is 1. The average molecular weight is 457 g/mol. The molecule has 0 atom stereocenters. The maximum absolute atomic E-state index is 11.2. The van der Waals surface area contributed by atoms with Gasteiger partial charge in [0.1, 0.15) is 12.3 Å². The summed E-state index contributed by atoms with van der Waals surface area (Å²) < 4.78 is 11.2. The summed E-state index contributed by atoms with van der Waals surface area (Å²) in [6.07, 6.45) is 1.43. The lowest BCUT2D eigenvalue weighted by atomic mass is 10.2. The summed E-state index contributed by atoms with van der Waals surface area (Å²) in [5.41, 5.74) is 3.27. The first kappa shape index (κ1) is 22.5. The molecule has 0 saturated heterocycles. The number of ether oxygens (including phenoxy) is 2. The van der Waals surface area contributed by atoms with Crippen LogP contribution < -0.4 is 14.9 Å². The molecule has 0 spiro atoms. The number of methoxy groups -OCH3 is 1. The molecule has 32 heavy (non-hydrogen) atoms. The van der Waals surface area contributed by atoms with Gasteiger partial charge < -0.3 is 9.47 Å². The fraction of sp³-hybridized carbons (Fsp3) is 0.0952. The van der Waals surface area contributed by atoms with Gasteiger partial charge in [0, 0.05) is 11.1 Å². The normalized spacial score (nSPS) is 10.7. The number of hydrogen-bond acceptors (Lipinski definition) is 8. The predicted octanol–water partition coefficient (Wildman–Crippen LogP) is 5.19. The molecule has 3 rings (SSSR count).